The van der Waals surface area contributed by atoms with E-state index in [2.05, 4.69) is 34.4 Å². The van der Waals surface area contributed by atoms with E-state index >= 15 is 0 Å². The number of fused-ring (bicyclic) bond motifs is 1. The number of rotatable bonds is 4. The Labute approximate surface area is 182 Å². The summed E-state index contributed by atoms with van der Waals surface area (Å²) in [7, 11) is 3.78. The third-order valence-corrected chi connectivity index (χ3v) is 5.58. The monoisotopic (exact) mass is 428 g/mol. The summed E-state index contributed by atoms with van der Waals surface area (Å²) in [6.45, 7) is 5.84. The number of methoxy groups -OCH3 is 1. The summed E-state index contributed by atoms with van der Waals surface area (Å²) in [5.74, 6) is 1.68. The Balaban J connectivity index is 0.00000124. The predicted molar refractivity (Wildman–Crippen MR) is 123 cm³/mol. The van der Waals surface area contributed by atoms with Crippen molar-refractivity contribution in [3.05, 3.63) is 69.6 Å². The van der Waals surface area contributed by atoms with Crippen molar-refractivity contribution in [1.29, 1.82) is 0 Å². The van der Waals surface area contributed by atoms with Crippen LogP contribution in [0.15, 0.2) is 53.5 Å². The molecule has 0 amide bonds. The number of hydrogen-bond acceptors (Lipinski definition) is 5. The minimum atomic E-state index is -0.259. The van der Waals surface area contributed by atoms with Crippen LogP contribution in [0.3, 0.4) is 0 Å². The Kier molecular flexibility index (Phi) is 7.34. The molecule has 7 heteroatoms. The Morgan fingerprint density at radius 1 is 1.13 bits per heavy atom. The molecule has 1 aromatic carbocycles. The molecule has 3 aromatic rings. The molecule has 1 aliphatic rings. The first kappa shape index (κ1) is 22.1. The fourth-order valence-electron chi connectivity index (χ4n) is 3.90. The van der Waals surface area contributed by atoms with E-state index in [0.29, 0.717) is 17.4 Å². The summed E-state index contributed by atoms with van der Waals surface area (Å²) in [6, 6.07) is 13.8. The van der Waals surface area contributed by atoms with Gasteiger partial charge >= 0.3 is 0 Å². The predicted octanol–water partition coefficient (Wildman–Crippen LogP) is 4.28. The Bertz CT molecular complexity index is 1040. The highest BCUT2D eigenvalue weighted by Gasteiger charge is 2.27. The number of likely N-dealkylation sites (N-methyl/N-ethyl adjacent to an activating group) is 1. The highest BCUT2D eigenvalue weighted by molar-refractivity contribution is 6.32. The van der Waals surface area contributed by atoms with Gasteiger partial charge in [0.05, 0.1) is 7.11 Å². The molecule has 2 aromatic heterocycles. The smallest absolute Gasteiger partial charge is 0.278 e. The maximum atomic E-state index is 12.5. The minimum Gasteiger partial charge on any atom is -0.497 e. The van der Waals surface area contributed by atoms with Gasteiger partial charge in [-0.05, 0) is 49.2 Å². The van der Waals surface area contributed by atoms with Crippen LogP contribution in [0.25, 0.3) is 5.65 Å². The zero-order valence-electron chi connectivity index (χ0n) is 17.9. The van der Waals surface area contributed by atoms with Gasteiger partial charge in [-0.2, -0.15) is 0 Å². The lowest BCUT2D eigenvalue weighted by Crippen LogP contribution is -2.43. The number of nitrogens with zero attached hydrogens (tertiary/aromatic N) is 3. The van der Waals surface area contributed by atoms with Crippen LogP contribution in [-0.2, 0) is 0 Å². The fourth-order valence-corrected chi connectivity index (χ4v) is 4.09. The molecule has 0 spiro atoms. The number of nitrogens with one attached hydrogen (secondary N) is 1. The van der Waals surface area contributed by atoms with E-state index in [4.69, 9.17) is 16.3 Å². The second kappa shape index (κ2) is 9.96. The van der Waals surface area contributed by atoms with Gasteiger partial charge in [0, 0.05) is 25.3 Å². The molecule has 30 heavy (non-hydrogen) atoms. The van der Waals surface area contributed by atoms with E-state index in [1.165, 1.54) is 9.96 Å². The lowest BCUT2D eigenvalue weighted by Gasteiger charge is -2.36. The standard InChI is InChI=1S/C21H23ClN4O2.C2H6/c1-25-12-15(14-6-8-17(28-2)9-7-14)11-16(13-25)23-20-19(22)21(27)26-10-4-3-5-18(26)24-20;1-2/h3-10,15-16,23H,11-13H2,1-2H3;1-2H3. The first-order valence-corrected chi connectivity index (χ1v) is 10.7. The summed E-state index contributed by atoms with van der Waals surface area (Å²) in [4.78, 5) is 19.4. The Morgan fingerprint density at radius 2 is 1.87 bits per heavy atom. The molecule has 6 nitrogen and oxygen atoms in total. The van der Waals surface area contributed by atoms with Gasteiger partial charge in [0.1, 0.15) is 16.4 Å². The number of piperidine rings is 1. The van der Waals surface area contributed by atoms with Crippen molar-refractivity contribution in [2.24, 2.45) is 0 Å². The third-order valence-electron chi connectivity index (χ3n) is 5.24. The summed E-state index contributed by atoms with van der Waals surface area (Å²) >= 11 is 6.33. The molecule has 4 rings (SSSR count). The van der Waals surface area contributed by atoms with Crippen LogP contribution in [0.2, 0.25) is 5.02 Å². The largest absolute Gasteiger partial charge is 0.497 e. The molecule has 0 aliphatic carbocycles. The van der Waals surface area contributed by atoms with Gasteiger partial charge < -0.3 is 15.0 Å². The molecule has 1 saturated heterocycles. The lowest BCUT2D eigenvalue weighted by molar-refractivity contribution is 0.235. The van der Waals surface area contributed by atoms with Crippen LogP contribution in [0.5, 0.6) is 5.75 Å². The van der Waals surface area contributed by atoms with Gasteiger partial charge in [-0.1, -0.05) is 43.6 Å². The normalized spacial score (nSPS) is 19.1. The van der Waals surface area contributed by atoms with Crippen molar-refractivity contribution in [3.8, 4) is 5.75 Å². The van der Waals surface area contributed by atoms with Crippen molar-refractivity contribution in [2.75, 3.05) is 32.6 Å². The highest BCUT2D eigenvalue weighted by Crippen LogP contribution is 2.30. The second-order valence-corrected chi connectivity index (χ2v) is 7.65. The molecule has 0 saturated carbocycles. The quantitative estimate of drug-likeness (QED) is 0.672. The topological polar surface area (TPSA) is 58.9 Å². The molecule has 0 bridgehead atoms. The summed E-state index contributed by atoms with van der Waals surface area (Å²) in [6.07, 6.45) is 2.61. The molecule has 1 N–H and O–H groups in total. The van der Waals surface area contributed by atoms with E-state index in [0.717, 1.165) is 25.3 Å². The third kappa shape index (κ3) is 4.77. The first-order valence-electron chi connectivity index (χ1n) is 10.3. The van der Waals surface area contributed by atoms with Crippen LogP contribution in [0.4, 0.5) is 5.82 Å². The molecular formula is C23H29ClN4O2. The zero-order chi connectivity index (χ0) is 21.7. The van der Waals surface area contributed by atoms with Crippen LogP contribution in [0.1, 0.15) is 31.7 Å². The lowest BCUT2D eigenvalue weighted by atomic mass is 9.88. The molecule has 1 aliphatic heterocycles. The maximum absolute atomic E-state index is 12.5. The first-order chi connectivity index (χ1) is 14.5. The van der Waals surface area contributed by atoms with Crippen LogP contribution in [-0.4, -0.2) is 47.6 Å². The number of aromatic nitrogens is 2. The fraction of sp³-hybridized carbons (Fsp3) is 0.391. The SMILES string of the molecule is CC.COc1ccc(C2CC(Nc3nc4ccccn4c(=O)c3Cl)CN(C)C2)cc1. The molecule has 2 atom stereocenters. The van der Waals surface area contributed by atoms with Crippen LogP contribution >= 0.6 is 11.6 Å². The van der Waals surface area contributed by atoms with Crippen LogP contribution in [0, 0.1) is 0 Å². The second-order valence-electron chi connectivity index (χ2n) is 7.28. The maximum Gasteiger partial charge on any atom is 0.278 e. The van der Waals surface area contributed by atoms with Gasteiger partial charge in [0.15, 0.2) is 5.82 Å². The number of ether oxygens (including phenoxy) is 1. The number of pyridine rings is 1. The molecular weight excluding hydrogens is 400 g/mol. The Morgan fingerprint density at radius 3 is 2.57 bits per heavy atom. The molecule has 3 heterocycles. The number of benzene rings is 1. The molecule has 2 unspecified atom stereocenters. The van der Waals surface area contributed by atoms with Crippen molar-refractivity contribution in [2.45, 2.75) is 32.2 Å². The highest BCUT2D eigenvalue weighted by atomic mass is 35.5. The number of likely N-dealkylation sites (tertiary alicyclic amines) is 1. The van der Waals surface area contributed by atoms with Crippen molar-refractivity contribution < 1.29 is 4.74 Å². The van der Waals surface area contributed by atoms with Crippen molar-refractivity contribution in [1.82, 2.24) is 14.3 Å². The minimum absolute atomic E-state index is 0.123. The van der Waals surface area contributed by atoms with E-state index in [9.17, 15) is 4.79 Å². The van der Waals surface area contributed by atoms with E-state index in [1.807, 2.05) is 32.0 Å². The van der Waals surface area contributed by atoms with Crippen molar-refractivity contribution >= 4 is 23.1 Å². The average Bonchev–Trinajstić information content (AvgIpc) is 2.78. The van der Waals surface area contributed by atoms with Gasteiger partial charge in [-0.15, -0.1) is 0 Å². The van der Waals surface area contributed by atoms with E-state index in [-0.39, 0.29) is 16.6 Å². The molecule has 160 valence electrons. The van der Waals surface area contributed by atoms with Crippen LogP contribution < -0.4 is 15.6 Å². The van der Waals surface area contributed by atoms with Gasteiger partial charge in [0.25, 0.3) is 5.56 Å². The van der Waals surface area contributed by atoms with E-state index < -0.39 is 0 Å². The van der Waals surface area contributed by atoms with Gasteiger partial charge in [-0.25, -0.2) is 4.98 Å². The number of anilines is 1. The summed E-state index contributed by atoms with van der Waals surface area (Å²) in [5, 5.41) is 3.54. The molecule has 1 fully saturated rings. The number of halogens is 1. The van der Waals surface area contributed by atoms with Gasteiger partial charge in [0.2, 0.25) is 0 Å². The summed E-state index contributed by atoms with van der Waals surface area (Å²) in [5.41, 5.74) is 1.60. The summed E-state index contributed by atoms with van der Waals surface area (Å²) < 4.78 is 6.72. The number of hydrogen-bond donors (Lipinski definition) is 1. The van der Waals surface area contributed by atoms with Crippen molar-refractivity contribution in [3.63, 3.8) is 0 Å². The zero-order valence-corrected chi connectivity index (χ0v) is 18.7. The Hall–Kier alpha value is -2.57. The molecule has 0 radical (unpaired) electrons. The van der Waals surface area contributed by atoms with Gasteiger partial charge in [-0.3, -0.25) is 9.20 Å². The van der Waals surface area contributed by atoms with E-state index in [1.54, 1.807) is 25.4 Å². The average molecular weight is 429 g/mol.